The maximum Gasteiger partial charge on any atom is 0.254 e. The summed E-state index contributed by atoms with van der Waals surface area (Å²) in [7, 11) is 1.67. The van der Waals surface area contributed by atoms with E-state index in [0.717, 1.165) is 35.1 Å². The highest BCUT2D eigenvalue weighted by Crippen LogP contribution is 2.18. The maximum absolute atomic E-state index is 12.8. The van der Waals surface area contributed by atoms with Gasteiger partial charge in [-0.2, -0.15) is 0 Å². The second kappa shape index (κ2) is 7.92. The van der Waals surface area contributed by atoms with Crippen molar-refractivity contribution >= 4 is 21.8 Å². The zero-order chi connectivity index (χ0) is 15.2. The number of carbonyl (C=O) groups excluding carboxylic acids is 1. The molecule has 0 saturated carbocycles. The Hall–Kier alpha value is -0.910. The fourth-order valence-electron chi connectivity index (χ4n) is 2.69. The summed E-state index contributed by atoms with van der Waals surface area (Å²) in [6.45, 7) is 4.96. The van der Waals surface area contributed by atoms with E-state index in [1.807, 2.05) is 30.0 Å². The lowest BCUT2D eigenvalue weighted by atomic mass is 10.1. The molecule has 2 rings (SSSR count). The van der Waals surface area contributed by atoms with E-state index in [1.165, 1.54) is 6.42 Å². The van der Waals surface area contributed by atoms with Gasteiger partial charge in [-0.15, -0.1) is 0 Å². The number of methoxy groups -OCH3 is 1. The van der Waals surface area contributed by atoms with Gasteiger partial charge in [0.05, 0.1) is 6.61 Å². The molecule has 0 radical (unpaired) electrons. The van der Waals surface area contributed by atoms with Crippen molar-refractivity contribution < 1.29 is 9.53 Å². The monoisotopic (exact) mass is 354 g/mol. The normalized spacial score (nSPS) is 18.0. The van der Waals surface area contributed by atoms with Gasteiger partial charge in [0.25, 0.3) is 5.91 Å². The van der Waals surface area contributed by atoms with Crippen LogP contribution in [0.4, 0.5) is 0 Å². The Morgan fingerprint density at radius 3 is 2.95 bits per heavy atom. The summed E-state index contributed by atoms with van der Waals surface area (Å²) in [5, 5.41) is 3.45. The van der Waals surface area contributed by atoms with Crippen LogP contribution in [0.2, 0.25) is 0 Å². The second-order valence-electron chi connectivity index (χ2n) is 5.50. The Morgan fingerprint density at radius 1 is 1.52 bits per heavy atom. The Bertz CT molecular complexity index is 487. The van der Waals surface area contributed by atoms with Crippen LogP contribution in [-0.4, -0.2) is 50.2 Å². The van der Waals surface area contributed by atoms with E-state index >= 15 is 0 Å². The maximum atomic E-state index is 12.8. The van der Waals surface area contributed by atoms with Gasteiger partial charge in [0.2, 0.25) is 0 Å². The summed E-state index contributed by atoms with van der Waals surface area (Å²) in [6, 6.07) is 6.20. The van der Waals surface area contributed by atoms with E-state index in [1.54, 1.807) is 7.11 Å². The van der Waals surface area contributed by atoms with E-state index in [9.17, 15) is 4.79 Å². The highest BCUT2D eigenvalue weighted by molar-refractivity contribution is 9.10. The van der Waals surface area contributed by atoms with Crippen molar-refractivity contribution in [1.82, 2.24) is 10.2 Å². The molecule has 1 saturated heterocycles. The van der Waals surface area contributed by atoms with Gasteiger partial charge in [-0.1, -0.05) is 15.9 Å². The molecule has 1 N–H and O–H groups in total. The average molecular weight is 355 g/mol. The summed E-state index contributed by atoms with van der Waals surface area (Å²) < 4.78 is 6.15. The highest BCUT2D eigenvalue weighted by atomic mass is 79.9. The van der Waals surface area contributed by atoms with Crippen LogP contribution >= 0.6 is 15.9 Å². The van der Waals surface area contributed by atoms with Crippen LogP contribution in [0.1, 0.15) is 28.8 Å². The molecule has 0 aliphatic carbocycles. The van der Waals surface area contributed by atoms with Crippen molar-refractivity contribution in [3.8, 4) is 0 Å². The van der Waals surface area contributed by atoms with Gasteiger partial charge in [-0.05, 0) is 50.1 Å². The predicted molar refractivity (Wildman–Crippen MR) is 87.7 cm³/mol. The molecule has 4 nitrogen and oxygen atoms in total. The number of nitrogens with zero attached hydrogens (tertiary/aromatic N) is 1. The van der Waals surface area contributed by atoms with Crippen LogP contribution in [0.25, 0.3) is 0 Å². The molecular formula is C16H23BrN2O2. The number of amides is 1. The number of hydrogen-bond acceptors (Lipinski definition) is 3. The quantitative estimate of drug-likeness (QED) is 0.853. The number of rotatable bonds is 6. The Kier molecular flexibility index (Phi) is 6.21. The first kappa shape index (κ1) is 16.5. The Balaban J connectivity index is 2.11. The van der Waals surface area contributed by atoms with E-state index in [-0.39, 0.29) is 5.91 Å². The molecule has 5 heteroatoms. The van der Waals surface area contributed by atoms with Gasteiger partial charge >= 0.3 is 0 Å². The number of carbonyl (C=O) groups is 1. The lowest BCUT2D eigenvalue weighted by Gasteiger charge is -2.26. The van der Waals surface area contributed by atoms with Crippen LogP contribution < -0.4 is 5.32 Å². The molecule has 1 heterocycles. The smallest absolute Gasteiger partial charge is 0.254 e. The van der Waals surface area contributed by atoms with Gasteiger partial charge in [-0.25, -0.2) is 0 Å². The molecule has 1 amide bonds. The molecule has 0 bridgehead atoms. The third kappa shape index (κ3) is 4.53. The Morgan fingerprint density at radius 2 is 2.33 bits per heavy atom. The first-order valence-corrected chi connectivity index (χ1v) is 8.19. The lowest BCUT2D eigenvalue weighted by Crippen LogP contribution is -2.42. The van der Waals surface area contributed by atoms with Gasteiger partial charge < -0.3 is 15.0 Å². The average Bonchev–Trinajstić information content (AvgIpc) is 2.95. The van der Waals surface area contributed by atoms with Crippen LogP contribution in [0.5, 0.6) is 0 Å². The molecule has 1 aliphatic heterocycles. The minimum absolute atomic E-state index is 0.0887. The van der Waals surface area contributed by atoms with E-state index in [0.29, 0.717) is 19.2 Å². The largest absolute Gasteiger partial charge is 0.383 e. The number of benzene rings is 1. The predicted octanol–water partition coefficient (Wildman–Crippen LogP) is 2.60. The number of hydrogen-bond donors (Lipinski definition) is 1. The third-order valence-electron chi connectivity index (χ3n) is 3.87. The number of nitrogens with one attached hydrogen (secondary N) is 1. The molecule has 116 valence electrons. The summed E-state index contributed by atoms with van der Waals surface area (Å²) in [5.41, 5.74) is 1.77. The first-order chi connectivity index (χ1) is 10.1. The van der Waals surface area contributed by atoms with Gasteiger partial charge in [-0.3, -0.25) is 4.79 Å². The molecule has 0 spiro atoms. The molecule has 0 aromatic heterocycles. The molecule has 21 heavy (non-hydrogen) atoms. The molecule has 1 fully saturated rings. The van der Waals surface area contributed by atoms with Crippen molar-refractivity contribution in [1.29, 1.82) is 0 Å². The summed E-state index contributed by atoms with van der Waals surface area (Å²) in [6.07, 6.45) is 2.32. The highest BCUT2D eigenvalue weighted by Gasteiger charge is 2.23. The zero-order valence-electron chi connectivity index (χ0n) is 12.7. The zero-order valence-corrected chi connectivity index (χ0v) is 14.3. The first-order valence-electron chi connectivity index (χ1n) is 7.39. The van der Waals surface area contributed by atoms with E-state index in [4.69, 9.17) is 4.74 Å². The molecule has 1 aromatic carbocycles. The van der Waals surface area contributed by atoms with Crippen molar-refractivity contribution in [2.75, 3.05) is 33.4 Å². The van der Waals surface area contributed by atoms with Crippen LogP contribution in [0.3, 0.4) is 0 Å². The van der Waals surface area contributed by atoms with Crippen molar-refractivity contribution in [2.24, 2.45) is 0 Å². The van der Waals surface area contributed by atoms with Gasteiger partial charge in [0.15, 0.2) is 0 Å². The minimum Gasteiger partial charge on any atom is -0.383 e. The van der Waals surface area contributed by atoms with Gasteiger partial charge in [0.1, 0.15) is 0 Å². The standard InChI is InChI=1S/C16H23BrN2O2/c1-12-10-13(17)5-6-15(12)16(20)19(8-9-21-2)11-14-4-3-7-18-14/h5-6,10,14,18H,3-4,7-9,11H2,1-2H3. The number of ether oxygens (including phenoxy) is 1. The number of aryl methyl sites for hydroxylation is 1. The van der Waals surface area contributed by atoms with Crippen molar-refractivity contribution in [3.63, 3.8) is 0 Å². The SMILES string of the molecule is COCCN(CC1CCCN1)C(=O)c1ccc(Br)cc1C. The van der Waals surface area contributed by atoms with Crippen LogP contribution in [-0.2, 0) is 4.74 Å². The second-order valence-corrected chi connectivity index (χ2v) is 6.41. The number of halogens is 1. The van der Waals surface area contributed by atoms with Gasteiger partial charge in [0, 0.05) is 36.3 Å². The minimum atomic E-state index is 0.0887. The molecule has 1 atom stereocenters. The fraction of sp³-hybridized carbons (Fsp3) is 0.562. The fourth-order valence-corrected chi connectivity index (χ4v) is 3.17. The van der Waals surface area contributed by atoms with E-state index < -0.39 is 0 Å². The van der Waals surface area contributed by atoms with Crippen molar-refractivity contribution in [2.45, 2.75) is 25.8 Å². The summed E-state index contributed by atoms with van der Waals surface area (Å²) in [4.78, 5) is 14.7. The van der Waals surface area contributed by atoms with Crippen LogP contribution in [0.15, 0.2) is 22.7 Å². The third-order valence-corrected chi connectivity index (χ3v) is 4.37. The topological polar surface area (TPSA) is 41.6 Å². The molecular weight excluding hydrogens is 332 g/mol. The summed E-state index contributed by atoms with van der Waals surface area (Å²) in [5.74, 6) is 0.0887. The lowest BCUT2D eigenvalue weighted by molar-refractivity contribution is 0.0678. The summed E-state index contributed by atoms with van der Waals surface area (Å²) >= 11 is 3.44. The molecule has 1 aliphatic rings. The molecule has 1 unspecified atom stereocenters. The molecule has 1 aromatic rings. The van der Waals surface area contributed by atoms with E-state index in [2.05, 4.69) is 21.2 Å². The van der Waals surface area contributed by atoms with Crippen LogP contribution in [0, 0.1) is 6.92 Å². The Labute approximate surface area is 135 Å². The van der Waals surface area contributed by atoms with Crippen molar-refractivity contribution in [3.05, 3.63) is 33.8 Å².